The van der Waals surface area contributed by atoms with Crippen LogP contribution in [0.2, 0.25) is 0 Å². The highest BCUT2D eigenvalue weighted by molar-refractivity contribution is 5.50. The highest BCUT2D eigenvalue weighted by atomic mass is 19.1. The zero-order chi connectivity index (χ0) is 13.1. The molecule has 1 saturated carbocycles. The molecule has 0 spiro atoms. The van der Waals surface area contributed by atoms with Gasteiger partial charge in [-0.1, -0.05) is 12.8 Å². The number of hydrogen-bond donors (Lipinski definition) is 1. The van der Waals surface area contributed by atoms with E-state index in [2.05, 4.69) is 0 Å². The van der Waals surface area contributed by atoms with Gasteiger partial charge in [-0.25, -0.2) is 8.78 Å². The van der Waals surface area contributed by atoms with Gasteiger partial charge in [0.25, 0.3) is 0 Å². The smallest absolute Gasteiger partial charge is 0.149 e. The van der Waals surface area contributed by atoms with Crippen LogP contribution in [0, 0.1) is 17.6 Å². The van der Waals surface area contributed by atoms with Crippen LogP contribution in [0.5, 0.6) is 0 Å². The fourth-order valence-electron chi connectivity index (χ4n) is 2.75. The molecule has 0 amide bonds. The van der Waals surface area contributed by atoms with Gasteiger partial charge in [-0.2, -0.15) is 0 Å². The zero-order valence-electron chi connectivity index (χ0n) is 10.6. The van der Waals surface area contributed by atoms with Gasteiger partial charge in [-0.05, 0) is 36.5 Å². The standard InChI is InChI=1S/C14H19F2NO/c1-17(8-10-4-2-3-5-10)14-12(15)6-11(9-18)7-13(14)16/h6-7,10,18H,2-5,8-9H2,1H3. The van der Waals surface area contributed by atoms with Crippen molar-refractivity contribution in [1.29, 1.82) is 0 Å². The third-order valence-corrected chi connectivity index (χ3v) is 3.65. The molecule has 100 valence electrons. The molecule has 1 aliphatic carbocycles. The summed E-state index contributed by atoms with van der Waals surface area (Å²) in [6, 6.07) is 2.40. The summed E-state index contributed by atoms with van der Waals surface area (Å²) in [5.74, 6) is -0.662. The Balaban J connectivity index is 2.15. The average molecular weight is 255 g/mol. The Kier molecular flexibility index (Phi) is 4.17. The number of anilines is 1. The van der Waals surface area contributed by atoms with E-state index in [0.717, 1.165) is 12.8 Å². The molecule has 1 aromatic rings. The largest absolute Gasteiger partial charge is 0.392 e. The zero-order valence-corrected chi connectivity index (χ0v) is 10.6. The Morgan fingerprint density at radius 3 is 2.28 bits per heavy atom. The summed E-state index contributed by atoms with van der Waals surface area (Å²) in [4.78, 5) is 1.65. The summed E-state index contributed by atoms with van der Waals surface area (Å²) in [5.41, 5.74) is 0.280. The van der Waals surface area contributed by atoms with Gasteiger partial charge in [0.05, 0.1) is 6.61 Å². The molecule has 0 bridgehead atoms. The predicted molar refractivity (Wildman–Crippen MR) is 67.5 cm³/mol. The first kappa shape index (κ1) is 13.3. The van der Waals surface area contributed by atoms with E-state index in [1.54, 1.807) is 11.9 Å². The van der Waals surface area contributed by atoms with E-state index >= 15 is 0 Å². The number of aliphatic hydroxyl groups excluding tert-OH is 1. The van der Waals surface area contributed by atoms with Crippen LogP contribution in [0.1, 0.15) is 31.2 Å². The number of halogens is 2. The average Bonchev–Trinajstić information content (AvgIpc) is 2.80. The van der Waals surface area contributed by atoms with Gasteiger partial charge in [0, 0.05) is 13.6 Å². The Labute approximate surface area is 106 Å². The number of aliphatic hydroxyl groups is 1. The van der Waals surface area contributed by atoms with E-state index in [4.69, 9.17) is 5.11 Å². The molecule has 2 nitrogen and oxygen atoms in total. The predicted octanol–water partition coefficient (Wildman–Crippen LogP) is 3.08. The van der Waals surface area contributed by atoms with Crippen LogP contribution < -0.4 is 4.90 Å². The van der Waals surface area contributed by atoms with Gasteiger partial charge in [0.2, 0.25) is 0 Å². The van der Waals surface area contributed by atoms with E-state index < -0.39 is 11.6 Å². The molecule has 1 fully saturated rings. The van der Waals surface area contributed by atoms with Crippen LogP contribution in [0.4, 0.5) is 14.5 Å². The fraction of sp³-hybridized carbons (Fsp3) is 0.571. The normalized spacial score (nSPS) is 16.2. The fourth-order valence-corrected chi connectivity index (χ4v) is 2.75. The number of hydrogen-bond acceptors (Lipinski definition) is 2. The van der Waals surface area contributed by atoms with E-state index in [1.165, 1.54) is 25.0 Å². The van der Waals surface area contributed by atoms with Crippen molar-refractivity contribution in [1.82, 2.24) is 0 Å². The molecule has 0 radical (unpaired) electrons. The van der Waals surface area contributed by atoms with Crippen LogP contribution in [0.25, 0.3) is 0 Å². The van der Waals surface area contributed by atoms with Gasteiger partial charge in [0.1, 0.15) is 17.3 Å². The van der Waals surface area contributed by atoms with E-state index in [-0.39, 0.29) is 17.9 Å². The highest BCUT2D eigenvalue weighted by Crippen LogP contribution is 2.29. The maximum absolute atomic E-state index is 13.8. The molecule has 1 aliphatic rings. The van der Waals surface area contributed by atoms with Crippen LogP contribution in [0.15, 0.2) is 12.1 Å². The summed E-state index contributed by atoms with van der Waals surface area (Å²) >= 11 is 0. The maximum Gasteiger partial charge on any atom is 0.149 e. The number of nitrogens with zero attached hydrogens (tertiary/aromatic N) is 1. The second-order valence-corrected chi connectivity index (χ2v) is 5.10. The van der Waals surface area contributed by atoms with Crippen LogP contribution >= 0.6 is 0 Å². The number of benzene rings is 1. The minimum Gasteiger partial charge on any atom is -0.392 e. The first-order valence-electron chi connectivity index (χ1n) is 6.41. The molecule has 1 aromatic carbocycles. The Bertz CT molecular complexity index is 393. The second kappa shape index (κ2) is 5.65. The molecule has 0 unspecified atom stereocenters. The van der Waals surface area contributed by atoms with Gasteiger partial charge < -0.3 is 10.0 Å². The van der Waals surface area contributed by atoms with Crippen molar-refractivity contribution in [3.8, 4) is 0 Å². The van der Waals surface area contributed by atoms with Gasteiger partial charge >= 0.3 is 0 Å². The lowest BCUT2D eigenvalue weighted by molar-refractivity contribution is 0.280. The van der Waals surface area contributed by atoms with Crippen LogP contribution in [-0.4, -0.2) is 18.7 Å². The Hall–Kier alpha value is -1.16. The lowest BCUT2D eigenvalue weighted by atomic mass is 10.1. The first-order chi connectivity index (χ1) is 8.61. The molecule has 0 atom stereocenters. The monoisotopic (exact) mass is 255 g/mol. The van der Waals surface area contributed by atoms with Crippen molar-refractivity contribution in [2.75, 3.05) is 18.5 Å². The Morgan fingerprint density at radius 1 is 1.22 bits per heavy atom. The topological polar surface area (TPSA) is 23.5 Å². The van der Waals surface area contributed by atoms with Crippen molar-refractivity contribution >= 4 is 5.69 Å². The van der Waals surface area contributed by atoms with Gasteiger partial charge in [0.15, 0.2) is 0 Å². The third-order valence-electron chi connectivity index (χ3n) is 3.65. The summed E-state index contributed by atoms with van der Waals surface area (Å²) in [6.07, 6.45) is 4.71. The third kappa shape index (κ3) is 2.80. The molecule has 0 aliphatic heterocycles. The molecular weight excluding hydrogens is 236 g/mol. The van der Waals surface area contributed by atoms with Crippen molar-refractivity contribution in [2.45, 2.75) is 32.3 Å². The summed E-state index contributed by atoms with van der Waals surface area (Å²) in [6.45, 7) is 0.340. The van der Waals surface area contributed by atoms with Gasteiger partial charge in [-0.3, -0.25) is 0 Å². The van der Waals surface area contributed by atoms with Crippen molar-refractivity contribution < 1.29 is 13.9 Å². The summed E-state index contributed by atoms with van der Waals surface area (Å²) in [5, 5.41) is 8.90. The van der Waals surface area contributed by atoms with Gasteiger partial charge in [-0.15, -0.1) is 0 Å². The summed E-state index contributed by atoms with van der Waals surface area (Å²) < 4.78 is 27.7. The minimum atomic E-state index is -0.598. The molecule has 18 heavy (non-hydrogen) atoms. The van der Waals surface area contributed by atoms with Crippen molar-refractivity contribution in [2.24, 2.45) is 5.92 Å². The molecule has 4 heteroatoms. The Morgan fingerprint density at radius 2 is 1.78 bits per heavy atom. The number of rotatable bonds is 4. The molecular formula is C14H19F2NO. The minimum absolute atomic E-state index is 0.0131. The molecule has 1 N–H and O–H groups in total. The molecule has 0 aromatic heterocycles. The second-order valence-electron chi connectivity index (χ2n) is 5.10. The first-order valence-corrected chi connectivity index (χ1v) is 6.41. The van der Waals surface area contributed by atoms with Crippen LogP contribution in [0.3, 0.4) is 0 Å². The van der Waals surface area contributed by atoms with E-state index in [9.17, 15) is 8.78 Å². The quantitative estimate of drug-likeness (QED) is 0.893. The lowest BCUT2D eigenvalue weighted by Crippen LogP contribution is -2.26. The molecule has 0 heterocycles. The molecule has 0 saturated heterocycles. The SMILES string of the molecule is CN(CC1CCCC1)c1c(F)cc(CO)cc1F. The highest BCUT2D eigenvalue weighted by Gasteiger charge is 2.21. The van der Waals surface area contributed by atoms with Crippen LogP contribution in [-0.2, 0) is 6.61 Å². The van der Waals surface area contributed by atoms with E-state index in [0.29, 0.717) is 12.5 Å². The maximum atomic E-state index is 13.8. The summed E-state index contributed by atoms with van der Waals surface area (Å²) in [7, 11) is 1.72. The van der Waals surface area contributed by atoms with Crippen molar-refractivity contribution in [3.63, 3.8) is 0 Å². The van der Waals surface area contributed by atoms with E-state index in [1.807, 2.05) is 0 Å². The molecule has 2 rings (SSSR count). The van der Waals surface area contributed by atoms with Crippen molar-refractivity contribution in [3.05, 3.63) is 29.3 Å². The lowest BCUT2D eigenvalue weighted by Gasteiger charge is -2.24.